The molecule has 16 heavy (non-hydrogen) atoms. The fourth-order valence-electron chi connectivity index (χ4n) is 1.87. The van der Waals surface area contributed by atoms with Crippen LogP contribution in [-0.2, 0) is 4.74 Å². The first-order valence-corrected chi connectivity index (χ1v) is 5.66. The number of anilines is 2. The Morgan fingerprint density at radius 1 is 1.44 bits per heavy atom. The molecule has 1 aromatic rings. The summed E-state index contributed by atoms with van der Waals surface area (Å²) in [5.41, 5.74) is 6.13. The van der Waals surface area contributed by atoms with Crippen LogP contribution in [0.4, 0.5) is 11.6 Å². The molecule has 5 heteroatoms. The van der Waals surface area contributed by atoms with Gasteiger partial charge in [-0.25, -0.2) is 9.97 Å². The van der Waals surface area contributed by atoms with E-state index in [-0.39, 0.29) is 0 Å². The van der Waals surface area contributed by atoms with Gasteiger partial charge in [-0.15, -0.1) is 0 Å². The van der Waals surface area contributed by atoms with Crippen molar-refractivity contribution in [2.24, 2.45) is 0 Å². The zero-order valence-electron chi connectivity index (χ0n) is 9.59. The number of rotatable bonds is 3. The molecule has 1 unspecified atom stereocenters. The van der Waals surface area contributed by atoms with Gasteiger partial charge in [-0.2, -0.15) is 0 Å². The molecule has 0 aromatic carbocycles. The molecular weight excluding hydrogens is 204 g/mol. The first kappa shape index (κ1) is 11.1. The van der Waals surface area contributed by atoms with Gasteiger partial charge in [-0.3, -0.25) is 0 Å². The molecule has 0 aliphatic carbocycles. The van der Waals surface area contributed by atoms with Crippen LogP contribution in [-0.4, -0.2) is 36.3 Å². The van der Waals surface area contributed by atoms with E-state index in [1.807, 2.05) is 11.9 Å². The number of nitrogens with zero attached hydrogens (tertiary/aromatic N) is 3. The fourth-order valence-corrected chi connectivity index (χ4v) is 1.87. The minimum absolute atomic E-state index is 0.305. The molecule has 1 fully saturated rings. The number of aromatic nitrogens is 2. The second-order valence-corrected chi connectivity index (χ2v) is 4.19. The van der Waals surface area contributed by atoms with Gasteiger partial charge >= 0.3 is 0 Å². The molecule has 1 aliphatic heterocycles. The van der Waals surface area contributed by atoms with Gasteiger partial charge in [-0.05, 0) is 19.3 Å². The van der Waals surface area contributed by atoms with E-state index in [9.17, 15) is 0 Å². The van der Waals surface area contributed by atoms with Crippen LogP contribution in [0.25, 0.3) is 0 Å². The van der Waals surface area contributed by atoms with Crippen molar-refractivity contribution in [3.05, 3.63) is 12.4 Å². The Balaban J connectivity index is 1.91. The van der Waals surface area contributed by atoms with Crippen molar-refractivity contribution in [2.75, 3.05) is 30.8 Å². The van der Waals surface area contributed by atoms with E-state index in [1.165, 1.54) is 12.8 Å². The lowest BCUT2D eigenvalue weighted by Gasteiger charge is -2.27. The third kappa shape index (κ3) is 2.82. The van der Waals surface area contributed by atoms with Crippen molar-refractivity contribution < 1.29 is 4.74 Å². The minimum Gasteiger partial charge on any atom is -0.396 e. The fraction of sp³-hybridized carbons (Fsp3) is 0.636. The molecule has 0 bridgehead atoms. The minimum atomic E-state index is 0.305. The first-order valence-electron chi connectivity index (χ1n) is 5.66. The Morgan fingerprint density at radius 2 is 2.19 bits per heavy atom. The second kappa shape index (κ2) is 5.12. The number of likely N-dealkylation sites (N-methyl/N-ethyl adjacent to an activating group) is 1. The topological polar surface area (TPSA) is 64.3 Å². The number of hydrogen-bond acceptors (Lipinski definition) is 5. The Labute approximate surface area is 95.6 Å². The summed E-state index contributed by atoms with van der Waals surface area (Å²) in [5, 5.41) is 0. The Morgan fingerprint density at radius 3 is 2.81 bits per heavy atom. The van der Waals surface area contributed by atoms with Crippen molar-refractivity contribution in [2.45, 2.75) is 25.4 Å². The van der Waals surface area contributed by atoms with Gasteiger partial charge in [0.2, 0.25) is 5.95 Å². The summed E-state index contributed by atoms with van der Waals surface area (Å²) >= 11 is 0. The van der Waals surface area contributed by atoms with E-state index < -0.39 is 0 Å². The van der Waals surface area contributed by atoms with Crippen LogP contribution in [0.2, 0.25) is 0 Å². The van der Waals surface area contributed by atoms with Crippen LogP contribution in [0, 0.1) is 0 Å². The summed E-state index contributed by atoms with van der Waals surface area (Å²) in [5.74, 6) is 0.698. The highest BCUT2D eigenvalue weighted by Gasteiger charge is 2.16. The van der Waals surface area contributed by atoms with Crippen LogP contribution in [0.5, 0.6) is 0 Å². The number of hydrogen-bond donors (Lipinski definition) is 1. The molecule has 0 amide bonds. The molecule has 88 valence electrons. The van der Waals surface area contributed by atoms with E-state index >= 15 is 0 Å². The van der Waals surface area contributed by atoms with Crippen molar-refractivity contribution in [1.82, 2.24) is 9.97 Å². The molecule has 0 spiro atoms. The standard InChI is InChI=1S/C11H18N4O/c1-15(8-10-4-2-3-5-16-10)11-13-6-9(12)7-14-11/h6-7,10H,2-5,8,12H2,1H3. The third-order valence-electron chi connectivity index (χ3n) is 2.75. The van der Waals surface area contributed by atoms with Crippen molar-refractivity contribution >= 4 is 11.6 Å². The zero-order valence-corrected chi connectivity index (χ0v) is 9.59. The van der Waals surface area contributed by atoms with Gasteiger partial charge in [0.1, 0.15) is 0 Å². The van der Waals surface area contributed by atoms with Gasteiger partial charge in [0.05, 0.1) is 24.2 Å². The van der Waals surface area contributed by atoms with Crippen molar-refractivity contribution in [3.8, 4) is 0 Å². The number of ether oxygens (including phenoxy) is 1. The Hall–Kier alpha value is -1.36. The van der Waals surface area contributed by atoms with E-state index in [2.05, 4.69) is 9.97 Å². The average molecular weight is 222 g/mol. The third-order valence-corrected chi connectivity index (χ3v) is 2.75. The largest absolute Gasteiger partial charge is 0.396 e. The lowest BCUT2D eigenvalue weighted by molar-refractivity contribution is 0.0214. The predicted molar refractivity (Wildman–Crippen MR) is 63.3 cm³/mol. The molecule has 1 aromatic heterocycles. The predicted octanol–water partition coefficient (Wildman–Crippen LogP) is 1.06. The normalized spacial score (nSPS) is 20.7. The molecule has 1 aliphatic rings. The van der Waals surface area contributed by atoms with Crippen molar-refractivity contribution in [1.29, 1.82) is 0 Å². The second-order valence-electron chi connectivity index (χ2n) is 4.19. The van der Waals surface area contributed by atoms with Gasteiger partial charge in [0, 0.05) is 20.2 Å². The maximum absolute atomic E-state index is 5.67. The van der Waals surface area contributed by atoms with Crippen molar-refractivity contribution in [3.63, 3.8) is 0 Å². The first-order chi connectivity index (χ1) is 7.75. The molecule has 0 saturated carbocycles. The highest BCUT2D eigenvalue weighted by atomic mass is 16.5. The van der Waals surface area contributed by atoms with Crippen LogP contribution in [0.1, 0.15) is 19.3 Å². The number of nitrogen functional groups attached to an aromatic ring is 1. The maximum Gasteiger partial charge on any atom is 0.225 e. The van der Waals surface area contributed by atoms with Crippen LogP contribution < -0.4 is 10.6 Å². The van der Waals surface area contributed by atoms with Gasteiger partial charge in [-0.1, -0.05) is 0 Å². The highest BCUT2D eigenvalue weighted by Crippen LogP contribution is 2.15. The molecule has 1 saturated heterocycles. The van der Waals surface area contributed by atoms with E-state index in [0.717, 1.165) is 19.6 Å². The quantitative estimate of drug-likeness (QED) is 0.828. The van der Waals surface area contributed by atoms with Gasteiger partial charge < -0.3 is 15.4 Å². The molecule has 2 heterocycles. The summed E-state index contributed by atoms with van der Waals surface area (Å²) in [6, 6.07) is 0. The molecule has 2 N–H and O–H groups in total. The lowest BCUT2D eigenvalue weighted by atomic mass is 10.1. The van der Waals surface area contributed by atoms with E-state index in [0.29, 0.717) is 17.7 Å². The van der Waals surface area contributed by atoms with Gasteiger partial charge in [0.25, 0.3) is 0 Å². The number of nitrogens with two attached hydrogens (primary N) is 1. The summed E-state index contributed by atoms with van der Waals surface area (Å²) < 4.78 is 5.67. The smallest absolute Gasteiger partial charge is 0.225 e. The molecule has 1 atom stereocenters. The highest BCUT2D eigenvalue weighted by molar-refractivity contribution is 5.37. The van der Waals surface area contributed by atoms with Crippen LogP contribution in [0.15, 0.2) is 12.4 Å². The van der Waals surface area contributed by atoms with Crippen LogP contribution in [0.3, 0.4) is 0 Å². The Bertz CT molecular complexity index is 321. The Kier molecular flexibility index (Phi) is 3.56. The zero-order chi connectivity index (χ0) is 11.4. The molecular formula is C11H18N4O. The van der Waals surface area contributed by atoms with E-state index in [4.69, 9.17) is 10.5 Å². The summed E-state index contributed by atoms with van der Waals surface area (Å²) in [7, 11) is 1.98. The summed E-state index contributed by atoms with van der Waals surface area (Å²) in [6.45, 7) is 1.71. The van der Waals surface area contributed by atoms with Gasteiger partial charge in [0.15, 0.2) is 0 Å². The lowest BCUT2D eigenvalue weighted by Crippen LogP contribution is -2.34. The SMILES string of the molecule is CN(CC1CCCCO1)c1ncc(N)cn1. The summed E-state index contributed by atoms with van der Waals surface area (Å²) in [6.07, 6.45) is 7.11. The summed E-state index contributed by atoms with van der Waals surface area (Å²) in [4.78, 5) is 10.4. The van der Waals surface area contributed by atoms with Crippen LogP contribution >= 0.6 is 0 Å². The average Bonchev–Trinajstić information content (AvgIpc) is 2.31. The molecule has 2 rings (SSSR count). The molecule has 0 radical (unpaired) electrons. The van der Waals surface area contributed by atoms with E-state index in [1.54, 1.807) is 12.4 Å². The molecule has 5 nitrogen and oxygen atoms in total. The maximum atomic E-state index is 5.67. The monoisotopic (exact) mass is 222 g/mol.